The summed E-state index contributed by atoms with van der Waals surface area (Å²) in [5, 5.41) is 16.0. The summed E-state index contributed by atoms with van der Waals surface area (Å²) < 4.78 is 2.55. The number of aromatic nitrogens is 2. The van der Waals surface area contributed by atoms with Gasteiger partial charge in [-0.25, -0.2) is 9.48 Å². The molecule has 0 fully saturated rings. The zero-order chi connectivity index (χ0) is 17.1. The number of carbonyl (C=O) groups excluding carboxylic acids is 1. The molecule has 122 valence electrons. The third-order valence-corrected chi connectivity index (χ3v) is 3.98. The van der Waals surface area contributed by atoms with Gasteiger partial charge in [0.15, 0.2) is 0 Å². The molecule has 23 heavy (non-hydrogen) atoms. The Morgan fingerprint density at radius 1 is 1.26 bits per heavy atom. The summed E-state index contributed by atoms with van der Waals surface area (Å²) in [6, 6.07) is 6.56. The lowest BCUT2D eigenvalue weighted by atomic mass is 10.0. The Labute approximate surface area is 142 Å². The van der Waals surface area contributed by atoms with Crippen LogP contribution in [-0.4, -0.2) is 32.8 Å². The Balaban J connectivity index is 2.25. The van der Waals surface area contributed by atoms with Gasteiger partial charge < -0.3 is 10.4 Å². The van der Waals surface area contributed by atoms with E-state index >= 15 is 0 Å². The first-order valence-electron chi connectivity index (χ1n) is 7.15. The molecule has 0 aliphatic rings. The highest BCUT2D eigenvalue weighted by atomic mass is 79.9. The number of halogens is 1. The molecular weight excluding hydrogens is 362 g/mol. The second kappa shape index (κ2) is 6.95. The number of nitrogens with one attached hydrogen (secondary N) is 1. The van der Waals surface area contributed by atoms with Crippen LogP contribution in [0.4, 0.5) is 0 Å². The van der Waals surface area contributed by atoms with Gasteiger partial charge in [0, 0.05) is 10.7 Å². The van der Waals surface area contributed by atoms with Gasteiger partial charge in [-0.1, -0.05) is 29.8 Å². The molecule has 7 heteroatoms. The van der Waals surface area contributed by atoms with Crippen molar-refractivity contribution in [3.63, 3.8) is 0 Å². The van der Waals surface area contributed by atoms with E-state index in [1.165, 1.54) is 0 Å². The average molecular weight is 380 g/mol. The van der Waals surface area contributed by atoms with E-state index in [2.05, 4.69) is 26.3 Å². The van der Waals surface area contributed by atoms with Crippen LogP contribution in [0.1, 0.15) is 29.9 Å². The van der Waals surface area contributed by atoms with Crippen molar-refractivity contribution in [1.82, 2.24) is 15.1 Å². The van der Waals surface area contributed by atoms with Gasteiger partial charge in [-0.2, -0.15) is 5.10 Å². The predicted molar refractivity (Wildman–Crippen MR) is 89.7 cm³/mol. The van der Waals surface area contributed by atoms with Gasteiger partial charge in [0.1, 0.15) is 6.04 Å². The maximum absolute atomic E-state index is 12.3. The fourth-order valence-electron chi connectivity index (χ4n) is 2.14. The zero-order valence-electron chi connectivity index (χ0n) is 13.1. The Morgan fingerprint density at radius 2 is 1.87 bits per heavy atom. The number of nitrogens with zero attached hydrogens (tertiary/aromatic N) is 2. The molecule has 1 heterocycles. The number of hydrogen-bond donors (Lipinski definition) is 2. The van der Waals surface area contributed by atoms with Crippen LogP contribution in [0.2, 0.25) is 0 Å². The van der Waals surface area contributed by atoms with E-state index in [-0.39, 0.29) is 5.92 Å². The number of rotatable bonds is 5. The van der Waals surface area contributed by atoms with Crippen molar-refractivity contribution in [3.05, 3.63) is 46.2 Å². The second-order valence-electron chi connectivity index (χ2n) is 5.58. The molecule has 0 saturated heterocycles. The van der Waals surface area contributed by atoms with E-state index in [0.717, 1.165) is 10.2 Å². The van der Waals surface area contributed by atoms with Gasteiger partial charge in [0.2, 0.25) is 0 Å². The van der Waals surface area contributed by atoms with Crippen LogP contribution >= 0.6 is 15.9 Å². The largest absolute Gasteiger partial charge is 0.480 e. The Bertz CT molecular complexity index is 723. The summed E-state index contributed by atoms with van der Waals surface area (Å²) in [6.45, 7) is 5.21. The molecule has 1 aromatic carbocycles. The monoisotopic (exact) mass is 379 g/mol. The Hall–Kier alpha value is -2.15. The fourth-order valence-corrected chi connectivity index (χ4v) is 2.41. The van der Waals surface area contributed by atoms with Crippen molar-refractivity contribution >= 4 is 27.8 Å². The maximum atomic E-state index is 12.3. The Morgan fingerprint density at radius 3 is 2.39 bits per heavy atom. The van der Waals surface area contributed by atoms with Crippen molar-refractivity contribution in [2.45, 2.75) is 26.8 Å². The van der Waals surface area contributed by atoms with Crippen LogP contribution in [0.5, 0.6) is 0 Å². The highest BCUT2D eigenvalue weighted by Crippen LogP contribution is 2.16. The average Bonchev–Trinajstić information content (AvgIpc) is 2.86. The molecule has 2 rings (SSSR count). The van der Waals surface area contributed by atoms with Crippen LogP contribution in [0.25, 0.3) is 5.69 Å². The third-order valence-electron chi connectivity index (χ3n) is 3.45. The van der Waals surface area contributed by atoms with Crippen molar-refractivity contribution in [1.29, 1.82) is 0 Å². The van der Waals surface area contributed by atoms with E-state index in [4.69, 9.17) is 0 Å². The van der Waals surface area contributed by atoms with Gasteiger partial charge in [-0.3, -0.25) is 4.79 Å². The summed E-state index contributed by atoms with van der Waals surface area (Å²) in [5.74, 6) is -1.70. The van der Waals surface area contributed by atoms with Crippen LogP contribution in [-0.2, 0) is 4.79 Å². The molecule has 0 aliphatic heterocycles. The van der Waals surface area contributed by atoms with Gasteiger partial charge in [0.05, 0.1) is 16.9 Å². The molecule has 1 amide bonds. The summed E-state index contributed by atoms with van der Waals surface area (Å²) in [6.07, 6.45) is 1.60. The zero-order valence-corrected chi connectivity index (χ0v) is 14.7. The van der Waals surface area contributed by atoms with E-state index in [1.807, 2.05) is 24.3 Å². The number of carbonyl (C=O) groups is 2. The number of aliphatic carboxylic acids is 1. The topological polar surface area (TPSA) is 84.2 Å². The van der Waals surface area contributed by atoms with E-state index in [9.17, 15) is 14.7 Å². The summed E-state index contributed by atoms with van der Waals surface area (Å²) >= 11 is 3.37. The molecule has 0 bridgehead atoms. The van der Waals surface area contributed by atoms with E-state index < -0.39 is 17.9 Å². The standard InChI is InChI=1S/C16H18BrN3O3/c1-9(2)14(16(22)23)18-15(21)13-8-20(19-10(13)3)12-6-4-11(17)5-7-12/h4-9,14H,1-3H3,(H,18,21)(H,22,23)/t14-/m1/s1. The van der Waals surface area contributed by atoms with Crippen LogP contribution < -0.4 is 5.32 Å². The second-order valence-corrected chi connectivity index (χ2v) is 6.50. The minimum Gasteiger partial charge on any atom is -0.480 e. The van der Waals surface area contributed by atoms with Gasteiger partial charge >= 0.3 is 5.97 Å². The number of hydrogen-bond acceptors (Lipinski definition) is 3. The number of carboxylic acids is 1. The van der Waals surface area contributed by atoms with Gasteiger partial charge in [-0.05, 0) is 37.1 Å². The van der Waals surface area contributed by atoms with Gasteiger partial charge in [-0.15, -0.1) is 0 Å². The molecule has 0 unspecified atom stereocenters. The number of amides is 1. The summed E-state index contributed by atoms with van der Waals surface area (Å²) in [5.41, 5.74) is 1.71. The molecule has 0 aliphatic carbocycles. The smallest absolute Gasteiger partial charge is 0.326 e. The third kappa shape index (κ3) is 3.98. The SMILES string of the molecule is Cc1nn(-c2ccc(Br)cc2)cc1C(=O)N[C@@H](C(=O)O)C(C)C. The Kier molecular flexibility index (Phi) is 5.20. The van der Waals surface area contributed by atoms with Crippen molar-refractivity contribution in [3.8, 4) is 5.69 Å². The van der Waals surface area contributed by atoms with E-state index in [0.29, 0.717) is 11.3 Å². The number of benzene rings is 1. The molecule has 2 N–H and O–H groups in total. The minimum absolute atomic E-state index is 0.210. The molecule has 0 saturated carbocycles. The van der Waals surface area contributed by atoms with Crippen LogP contribution in [0.15, 0.2) is 34.9 Å². The molecule has 0 spiro atoms. The molecule has 6 nitrogen and oxygen atoms in total. The molecule has 1 atom stereocenters. The maximum Gasteiger partial charge on any atom is 0.326 e. The van der Waals surface area contributed by atoms with Gasteiger partial charge in [0.25, 0.3) is 5.91 Å². The van der Waals surface area contributed by atoms with Crippen molar-refractivity contribution < 1.29 is 14.7 Å². The summed E-state index contributed by atoms with van der Waals surface area (Å²) in [4.78, 5) is 23.6. The minimum atomic E-state index is -1.05. The molecule has 0 radical (unpaired) electrons. The lowest BCUT2D eigenvalue weighted by molar-refractivity contribution is -0.140. The lowest BCUT2D eigenvalue weighted by Gasteiger charge is -2.17. The summed E-state index contributed by atoms with van der Waals surface area (Å²) in [7, 11) is 0. The predicted octanol–water partition coefficient (Wildman–Crippen LogP) is 2.78. The van der Waals surface area contributed by atoms with Crippen LogP contribution in [0, 0.1) is 12.8 Å². The number of carboxylic acid groups (broad SMARTS) is 1. The lowest BCUT2D eigenvalue weighted by Crippen LogP contribution is -2.44. The fraction of sp³-hybridized carbons (Fsp3) is 0.312. The van der Waals surface area contributed by atoms with Crippen molar-refractivity contribution in [2.24, 2.45) is 5.92 Å². The van der Waals surface area contributed by atoms with Crippen LogP contribution in [0.3, 0.4) is 0 Å². The first-order chi connectivity index (χ1) is 10.8. The molecule has 2 aromatic rings. The highest BCUT2D eigenvalue weighted by Gasteiger charge is 2.25. The van der Waals surface area contributed by atoms with E-state index in [1.54, 1.807) is 31.6 Å². The molecular formula is C16H18BrN3O3. The first kappa shape index (κ1) is 17.2. The number of aryl methyl sites for hydroxylation is 1. The van der Waals surface area contributed by atoms with Crippen molar-refractivity contribution in [2.75, 3.05) is 0 Å². The molecule has 1 aromatic heterocycles. The quantitative estimate of drug-likeness (QED) is 0.836. The first-order valence-corrected chi connectivity index (χ1v) is 7.94. The normalized spacial score (nSPS) is 12.2. The highest BCUT2D eigenvalue weighted by molar-refractivity contribution is 9.10.